The fourth-order valence-electron chi connectivity index (χ4n) is 2.00. The van der Waals surface area contributed by atoms with Crippen LogP contribution >= 0.6 is 0 Å². The maximum atomic E-state index is 13.3. The van der Waals surface area contributed by atoms with Gasteiger partial charge in [-0.2, -0.15) is 13.2 Å². The van der Waals surface area contributed by atoms with Gasteiger partial charge in [-0.3, -0.25) is 0 Å². The van der Waals surface area contributed by atoms with E-state index in [0.29, 0.717) is 17.2 Å². The summed E-state index contributed by atoms with van der Waals surface area (Å²) in [6.45, 7) is 0. The van der Waals surface area contributed by atoms with Crippen LogP contribution in [-0.4, -0.2) is 20.4 Å². The van der Waals surface area contributed by atoms with E-state index in [1.807, 2.05) is 0 Å². The standard InChI is InChI=1S/C16H16F3NO2/c1-21-13-7-3-11(4-8-13)15(16(17,18)19)20-12-5-9-14(22-2)10-6-12/h3-10,15,20H,1-2H3. The predicted molar refractivity (Wildman–Crippen MR) is 78.4 cm³/mol. The van der Waals surface area contributed by atoms with E-state index in [4.69, 9.17) is 9.47 Å². The van der Waals surface area contributed by atoms with Crippen LogP contribution in [0, 0.1) is 0 Å². The molecule has 1 unspecified atom stereocenters. The van der Waals surface area contributed by atoms with Crippen LogP contribution in [-0.2, 0) is 0 Å². The minimum Gasteiger partial charge on any atom is -0.497 e. The topological polar surface area (TPSA) is 30.5 Å². The van der Waals surface area contributed by atoms with Crippen molar-refractivity contribution in [1.29, 1.82) is 0 Å². The molecule has 0 bridgehead atoms. The minimum absolute atomic E-state index is 0.115. The molecule has 2 aromatic rings. The van der Waals surface area contributed by atoms with E-state index in [9.17, 15) is 13.2 Å². The summed E-state index contributed by atoms with van der Waals surface area (Å²) in [4.78, 5) is 0. The molecule has 1 N–H and O–H groups in total. The van der Waals surface area contributed by atoms with E-state index in [0.717, 1.165) is 0 Å². The Morgan fingerprint density at radius 2 is 1.27 bits per heavy atom. The van der Waals surface area contributed by atoms with Gasteiger partial charge in [0.15, 0.2) is 0 Å². The van der Waals surface area contributed by atoms with Crippen molar-refractivity contribution in [3.63, 3.8) is 0 Å². The van der Waals surface area contributed by atoms with Gasteiger partial charge in [0.05, 0.1) is 14.2 Å². The van der Waals surface area contributed by atoms with E-state index < -0.39 is 12.2 Å². The number of benzene rings is 2. The number of nitrogens with one attached hydrogen (secondary N) is 1. The SMILES string of the molecule is COc1ccc(NC(c2ccc(OC)cc2)C(F)(F)F)cc1. The highest BCUT2D eigenvalue weighted by Crippen LogP contribution is 2.36. The van der Waals surface area contributed by atoms with Crippen LogP contribution < -0.4 is 14.8 Å². The highest BCUT2D eigenvalue weighted by Gasteiger charge is 2.40. The second-order valence-corrected chi connectivity index (χ2v) is 4.62. The first kappa shape index (κ1) is 16.0. The number of hydrogen-bond donors (Lipinski definition) is 1. The van der Waals surface area contributed by atoms with Gasteiger partial charge in [-0.05, 0) is 42.0 Å². The molecule has 0 amide bonds. The van der Waals surface area contributed by atoms with Crippen molar-refractivity contribution in [2.75, 3.05) is 19.5 Å². The van der Waals surface area contributed by atoms with Gasteiger partial charge in [0.1, 0.15) is 17.5 Å². The van der Waals surface area contributed by atoms with Crippen molar-refractivity contribution >= 4 is 5.69 Å². The number of halogens is 3. The van der Waals surface area contributed by atoms with Crippen molar-refractivity contribution in [1.82, 2.24) is 0 Å². The molecule has 0 saturated carbocycles. The molecule has 3 nitrogen and oxygen atoms in total. The van der Waals surface area contributed by atoms with Crippen LogP contribution in [0.15, 0.2) is 48.5 Å². The second kappa shape index (κ2) is 6.60. The van der Waals surface area contributed by atoms with Crippen LogP contribution in [0.2, 0.25) is 0 Å². The summed E-state index contributed by atoms with van der Waals surface area (Å²) in [6.07, 6.45) is -4.42. The first-order valence-corrected chi connectivity index (χ1v) is 6.55. The largest absolute Gasteiger partial charge is 0.497 e. The zero-order chi connectivity index (χ0) is 16.2. The van der Waals surface area contributed by atoms with Gasteiger partial charge in [-0.15, -0.1) is 0 Å². The lowest BCUT2D eigenvalue weighted by atomic mass is 10.1. The number of alkyl halides is 3. The van der Waals surface area contributed by atoms with Gasteiger partial charge in [0.25, 0.3) is 0 Å². The average Bonchev–Trinajstić information content (AvgIpc) is 2.52. The molecule has 0 aromatic heterocycles. The summed E-state index contributed by atoms with van der Waals surface area (Å²) in [7, 11) is 2.96. The Kier molecular flexibility index (Phi) is 4.80. The van der Waals surface area contributed by atoms with Crippen LogP contribution in [0.5, 0.6) is 11.5 Å². The van der Waals surface area contributed by atoms with Crippen molar-refractivity contribution in [3.8, 4) is 11.5 Å². The fraction of sp³-hybridized carbons (Fsp3) is 0.250. The van der Waals surface area contributed by atoms with Crippen LogP contribution in [0.4, 0.5) is 18.9 Å². The quantitative estimate of drug-likeness (QED) is 0.886. The van der Waals surface area contributed by atoms with Crippen LogP contribution in [0.3, 0.4) is 0 Å². The Balaban J connectivity index is 2.25. The summed E-state index contributed by atoms with van der Waals surface area (Å²) in [5.74, 6) is 1.09. The van der Waals surface area contributed by atoms with Gasteiger partial charge in [-0.1, -0.05) is 12.1 Å². The lowest BCUT2D eigenvalue weighted by molar-refractivity contribution is -0.144. The summed E-state index contributed by atoms with van der Waals surface area (Å²) in [6, 6.07) is 10.3. The van der Waals surface area contributed by atoms with Gasteiger partial charge in [-0.25, -0.2) is 0 Å². The highest BCUT2D eigenvalue weighted by atomic mass is 19.4. The third-order valence-electron chi connectivity index (χ3n) is 3.18. The molecule has 0 fully saturated rings. The summed E-state index contributed by atoms with van der Waals surface area (Å²) >= 11 is 0. The number of methoxy groups -OCH3 is 2. The van der Waals surface area contributed by atoms with Crippen LogP contribution in [0.1, 0.15) is 11.6 Å². The smallest absolute Gasteiger partial charge is 0.412 e. The molecule has 0 aliphatic carbocycles. The van der Waals surface area contributed by atoms with E-state index in [-0.39, 0.29) is 5.56 Å². The Bertz CT molecular complexity index is 594. The van der Waals surface area contributed by atoms with E-state index in [1.165, 1.54) is 38.5 Å². The fourth-order valence-corrected chi connectivity index (χ4v) is 2.00. The second-order valence-electron chi connectivity index (χ2n) is 4.62. The highest BCUT2D eigenvalue weighted by molar-refractivity contribution is 5.49. The molecule has 0 heterocycles. The molecule has 0 saturated heterocycles. The number of hydrogen-bond acceptors (Lipinski definition) is 3. The van der Waals surface area contributed by atoms with E-state index in [2.05, 4.69) is 5.32 Å². The summed E-state index contributed by atoms with van der Waals surface area (Å²) < 4.78 is 49.9. The lowest BCUT2D eigenvalue weighted by Crippen LogP contribution is -2.27. The summed E-state index contributed by atoms with van der Waals surface area (Å²) in [5, 5.41) is 2.50. The molecule has 0 radical (unpaired) electrons. The molecule has 118 valence electrons. The molecule has 2 rings (SSSR count). The number of anilines is 1. The van der Waals surface area contributed by atoms with Crippen LogP contribution in [0.25, 0.3) is 0 Å². The predicted octanol–water partition coefficient (Wildman–Crippen LogP) is 4.42. The summed E-state index contributed by atoms with van der Waals surface area (Å²) in [5.41, 5.74) is 0.475. The Morgan fingerprint density at radius 3 is 1.68 bits per heavy atom. The molecular formula is C16H16F3NO2. The molecule has 6 heteroatoms. The third-order valence-corrected chi connectivity index (χ3v) is 3.18. The zero-order valence-electron chi connectivity index (χ0n) is 12.1. The molecule has 1 atom stereocenters. The zero-order valence-corrected chi connectivity index (χ0v) is 12.1. The van der Waals surface area contributed by atoms with Crippen molar-refractivity contribution in [2.45, 2.75) is 12.2 Å². The van der Waals surface area contributed by atoms with Gasteiger partial charge >= 0.3 is 6.18 Å². The Labute approximate surface area is 126 Å². The average molecular weight is 311 g/mol. The maximum Gasteiger partial charge on any atom is 0.412 e. The lowest BCUT2D eigenvalue weighted by Gasteiger charge is -2.23. The van der Waals surface area contributed by atoms with Crippen molar-refractivity contribution in [2.24, 2.45) is 0 Å². The van der Waals surface area contributed by atoms with E-state index >= 15 is 0 Å². The minimum atomic E-state index is -4.42. The molecular weight excluding hydrogens is 295 g/mol. The molecule has 0 aliphatic rings. The van der Waals surface area contributed by atoms with Crippen molar-refractivity contribution < 1.29 is 22.6 Å². The molecule has 22 heavy (non-hydrogen) atoms. The normalized spacial score (nSPS) is 12.6. The monoisotopic (exact) mass is 311 g/mol. The number of ether oxygens (including phenoxy) is 2. The third kappa shape index (κ3) is 3.84. The number of rotatable bonds is 5. The van der Waals surface area contributed by atoms with Crippen molar-refractivity contribution in [3.05, 3.63) is 54.1 Å². The first-order valence-electron chi connectivity index (χ1n) is 6.55. The Hall–Kier alpha value is -2.37. The first-order chi connectivity index (χ1) is 10.4. The van der Waals surface area contributed by atoms with Gasteiger partial charge in [0.2, 0.25) is 0 Å². The molecule has 2 aromatic carbocycles. The maximum absolute atomic E-state index is 13.3. The van der Waals surface area contributed by atoms with E-state index in [1.54, 1.807) is 24.3 Å². The van der Waals surface area contributed by atoms with Gasteiger partial charge in [0, 0.05) is 5.69 Å². The Morgan fingerprint density at radius 1 is 0.818 bits per heavy atom. The van der Waals surface area contributed by atoms with Gasteiger partial charge < -0.3 is 14.8 Å². The molecule has 0 spiro atoms. The molecule has 0 aliphatic heterocycles.